The lowest BCUT2D eigenvalue weighted by molar-refractivity contribution is 0.0930. The van der Waals surface area contributed by atoms with Crippen LogP contribution in [0.4, 0.5) is 0 Å². The van der Waals surface area contributed by atoms with Gasteiger partial charge >= 0.3 is 0 Å². The highest BCUT2D eigenvalue weighted by molar-refractivity contribution is 6.08. The molecule has 1 heterocycles. The highest BCUT2D eigenvalue weighted by atomic mass is 16.3. The first-order valence-electron chi connectivity index (χ1n) is 6.66. The smallest absolute Gasteiger partial charge is 0.253 e. The monoisotopic (exact) mass is 260 g/mol. The molecule has 102 valence electrons. The first-order chi connectivity index (χ1) is 9.17. The molecule has 0 aliphatic heterocycles. The second-order valence-corrected chi connectivity index (χ2v) is 4.76. The van der Waals surface area contributed by atoms with Crippen molar-refractivity contribution in [1.82, 2.24) is 10.3 Å². The average Bonchev–Trinajstić information content (AvgIpc) is 2.73. The molecule has 1 amide bonds. The van der Waals surface area contributed by atoms with Gasteiger partial charge in [-0.1, -0.05) is 25.1 Å². The lowest BCUT2D eigenvalue weighted by Gasteiger charge is -2.15. The van der Waals surface area contributed by atoms with Crippen LogP contribution in [0.15, 0.2) is 24.3 Å². The van der Waals surface area contributed by atoms with Gasteiger partial charge in [0.05, 0.1) is 5.56 Å². The third-order valence-electron chi connectivity index (χ3n) is 3.43. The van der Waals surface area contributed by atoms with E-state index >= 15 is 0 Å². The molecule has 0 saturated heterocycles. The lowest BCUT2D eigenvalue weighted by atomic mass is 10.1. The molecule has 0 aliphatic rings. The van der Waals surface area contributed by atoms with E-state index in [0.29, 0.717) is 12.0 Å². The number of nitrogens with one attached hydrogen (secondary N) is 2. The third-order valence-corrected chi connectivity index (χ3v) is 3.43. The molecule has 4 nitrogen and oxygen atoms in total. The van der Waals surface area contributed by atoms with Crippen molar-refractivity contribution in [2.75, 3.05) is 6.61 Å². The fourth-order valence-electron chi connectivity index (χ4n) is 2.36. The quantitative estimate of drug-likeness (QED) is 0.772. The Bertz CT molecular complexity index is 575. The average molecular weight is 260 g/mol. The van der Waals surface area contributed by atoms with Crippen LogP contribution in [0.3, 0.4) is 0 Å². The number of carbonyl (C=O) groups excluding carboxylic acids is 1. The Balaban J connectivity index is 2.28. The summed E-state index contributed by atoms with van der Waals surface area (Å²) in [6, 6.07) is 7.80. The summed E-state index contributed by atoms with van der Waals surface area (Å²) in [4.78, 5) is 15.6. The predicted molar refractivity (Wildman–Crippen MR) is 76.3 cm³/mol. The van der Waals surface area contributed by atoms with Crippen LogP contribution in [-0.2, 0) is 0 Å². The van der Waals surface area contributed by atoms with Gasteiger partial charge in [0.25, 0.3) is 5.91 Å². The molecule has 0 radical (unpaired) electrons. The van der Waals surface area contributed by atoms with Crippen LogP contribution in [0, 0.1) is 6.92 Å². The van der Waals surface area contributed by atoms with Crippen molar-refractivity contribution in [2.45, 2.75) is 32.7 Å². The zero-order valence-electron chi connectivity index (χ0n) is 11.4. The maximum Gasteiger partial charge on any atom is 0.253 e. The van der Waals surface area contributed by atoms with Crippen LogP contribution in [0.2, 0.25) is 0 Å². The van der Waals surface area contributed by atoms with Gasteiger partial charge in [-0.15, -0.1) is 0 Å². The van der Waals surface area contributed by atoms with Crippen LogP contribution >= 0.6 is 0 Å². The number of fused-ring (bicyclic) bond motifs is 1. The lowest BCUT2D eigenvalue weighted by Crippen LogP contribution is -2.35. The molecule has 4 heteroatoms. The van der Waals surface area contributed by atoms with E-state index in [2.05, 4.69) is 10.3 Å². The molecular weight excluding hydrogens is 240 g/mol. The Labute approximate surface area is 112 Å². The van der Waals surface area contributed by atoms with Gasteiger partial charge in [-0.2, -0.15) is 0 Å². The minimum Gasteiger partial charge on any atom is -0.396 e. The number of hydrogen-bond acceptors (Lipinski definition) is 2. The number of rotatable bonds is 5. The molecule has 3 N–H and O–H groups in total. The van der Waals surface area contributed by atoms with Crippen LogP contribution < -0.4 is 5.32 Å². The Hall–Kier alpha value is -1.81. The van der Waals surface area contributed by atoms with Crippen molar-refractivity contribution in [2.24, 2.45) is 0 Å². The summed E-state index contributed by atoms with van der Waals surface area (Å²) >= 11 is 0. The zero-order chi connectivity index (χ0) is 13.8. The number of aliphatic hydroxyl groups excluding tert-OH is 1. The summed E-state index contributed by atoms with van der Waals surface area (Å²) in [5.74, 6) is -0.0738. The zero-order valence-corrected chi connectivity index (χ0v) is 11.4. The number of aryl methyl sites for hydroxylation is 1. The third kappa shape index (κ3) is 2.79. The number of hydrogen-bond donors (Lipinski definition) is 3. The Morgan fingerprint density at radius 1 is 1.42 bits per heavy atom. The molecule has 0 aliphatic carbocycles. The summed E-state index contributed by atoms with van der Waals surface area (Å²) in [6.45, 7) is 4.00. The number of carbonyl (C=O) groups is 1. The van der Waals surface area contributed by atoms with Crippen LogP contribution in [0.1, 0.15) is 35.8 Å². The molecule has 19 heavy (non-hydrogen) atoms. The van der Waals surface area contributed by atoms with Gasteiger partial charge in [-0.05, 0) is 25.8 Å². The van der Waals surface area contributed by atoms with E-state index in [0.717, 1.165) is 23.0 Å². The molecule has 0 spiro atoms. The Morgan fingerprint density at radius 3 is 2.84 bits per heavy atom. The SMILES string of the molecule is CCC(CCO)NC(=O)c1c(C)[nH]c2ccccc12. The molecule has 0 bridgehead atoms. The van der Waals surface area contributed by atoms with Crippen LogP contribution in [0.5, 0.6) is 0 Å². The number of H-pyrrole nitrogens is 1. The van der Waals surface area contributed by atoms with E-state index in [4.69, 9.17) is 5.11 Å². The van der Waals surface area contributed by atoms with Gasteiger partial charge in [-0.25, -0.2) is 0 Å². The molecule has 0 fully saturated rings. The van der Waals surface area contributed by atoms with Gasteiger partial charge in [0, 0.05) is 29.2 Å². The van der Waals surface area contributed by atoms with E-state index in [1.54, 1.807) is 0 Å². The molecule has 1 unspecified atom stereocenters. The van der Waals surface area contributed by atoms with E-state index in [-0.39, 0.29) is 18.6 Å². The number of benzene rings is 1. The molecule has 1 atom stereocenters. The topological polar surface area (TPSA) is 65.1 Å². The molecule has 2 rings (SSSR count). The number of para-hydroxylation sites is 1. The van der Waals surface area contributed by atoms with Crippen LogP contribution in [-0.4, -0.2) is 28.6 Å². The molecule has 1 aromatic carbocycles. The van der Waals surface area contributed by atoms with Gasteiger partial charge in [0.15, 0.2) is 0 Å². The van der Waals surface area contributed by atoms with Crippen molar-refractivity contribution in [1.29, 1.82) is 0 Å². The van der Waals surface area contributed by atoms with Crippen LogP contribution in [0.25, 0.3) is 10.9 Å². The standard InChI is InChI=1S/C15H20N2O2/c1-3-11(8-9-18)17-15(19)14-10(2)16-13-7-5-4-6-12(13)14/h4-7,11,16,18H,3,8-9H2,1-2H3,(H,17,19). The molecule has 2 aromatic rings. The van der Waals surface area contributed by atoms with Gasteiger partial charge < -0.3 is 15.4 Å². The number of aliphatic hydroxyl groups is 1. The molecular formula is C15H20N2O2. The minimum absolute atomic E-state index is 0.0190. The first-order valence-corrected chi connectivity index (χ1v) is 6.66. The number of aromatic amines is 1. The van der Waals surface area contributed by atoms with Gasteiger partial charge in [0.2, 0.25) is 0 Å². The Morgan fingerprint density at radius 2 is 2.16 bits per heavy atom. The summed E-state index contributed by atoms with van der Waals surface area (Å²) < 4.78 is 0. The van der Waals surface area contributed by atoms with E-state index in [9.17, 15) is 4.79 Å². The van der Waals surface area contributed by atoms with Crippen molar-refractivity contribution in [3.05, 3.63) is 35.5 Å². The van der Waals surface area contributed by atoms with Gasteiger partial charge in [-0.3, -0.25) is 4.79 Å². The highest BCUT2D eigenvalue weighted by Crippen LogP contribution is 2.21. The van der Waals surface area contributed by atoms with Crippen molar-refractivity contribution >= 4 is 16.8 Å². The predicted octanol–water partition coefficient (Wildman–Crippen LogP) is 2.37. The van der Waals surface area contributed by atoms with E-state index < -0.39 is 0 Å². The van der Waals surface area contributed by atoms with Crippen molar-refractivity contribution < 1.29 is 9.90 Å². The Kier molecular flexibility index (Phi) is 4.22. The summed E-state index contributed by atoms with van der Waals surface area (Å²) in [7, 11) is 0. The van der Waals surface area contributed by atoms with Crippen molar-refractivity contribution in [3.63, 3.8) is 0 Å². The normalized spacial score (nSPS) is 12.6. The number of aromatic nitrogens is 1. The summed E-state index contributed by atoms with van der Waals surface area (Å²) in [5, 5.41) is 12.9. The molecule has 1 aromatic heterocycles. The minimum atomic E-state index is -0.0738. The summed E-state index contributed by atoms with van der Waals surface area (Å²) in [6.07, 6.45) is 1.40. The van der Waals surface area contributed by atoms with E-state index in [1.807, 2.05) is 38.1 Å². The second kappa shape index (κ2) is 5.89. The largest absolute Gasteiger partial charge is 0.396 e. The fourth-order valence-corrected chi connectivity index (χ4v) is 2.36. The highest BCUT2D eigenvalue weighted by Gasteiger charge is 2.18. The summed E-state index contributed by atoms with van der Waals surface area (Å²) in [5.41, 5.74) is 2.55. The maximum atomic E-state index is 12.4. The van der Waals surface area contributed by atoms with Gasteiger partial charge in [0.1, 0.15) is 0 Å². The molecule has 0 saturated carbocycles. The first kappa shape index (κ1) is 13.6. The second-order valence-electron chi connectivity index (χ2n) is 4.76. The number of amides is 1. The van der Waals surface area contributed by atoms with Crippen molar-refractivity contribution in [3.8, 4) is 0 Å². The maximum absolute atomic E-state index is 12.4. The fraction of sp³-hybridized carbons (Fsp3) is 0.400. The van der Waals surface area contributed by atoms with E-state index in [1.165, 1.54) is 0 Å².